The van der Waals surface area contributed by atoms with Crippen molar-refractivity contribution in [3.05, 3.63) is 54.7 Å². The summed E-state index contributed by atoms with van der Waals surface area (Å²) in [5.41, 5.74) is 2.65. The van der Waals surface area contributed by atoms with Crippen molar-refractivity contribution in [2.75, 3.05) is 5.32 Å². The summed E-state index contributed by atoms with van der Waals surface area (Å²) in [7, 11) is 0. The Labute approximate surface area is 148 Å². The molecule has 25 heavy (non-hydrogen) atoms. The number of carbonyl (C=O) groups is 1. The number of nitrogens with one attached hydrogen (secondary N) is 1. The summed E-state index contributed by atoms with van der Waals surface area (Å²) in [6.45, 7) is 2.20. The highest BCUT2D eigenvalue weighted by Gasteiger charge is 2.15. The van der Waals surface area contributed by atoms with E-state index in [4.69, 9.17) is 4.98 Å². The van der Waals surface area contributed by atoms with Gasteiger partial charge in [-0.2, -0.15) is 0 Å². The molecule has 2 aromatic heterocycles. The highest BCUT2D eigenvalue weighted by molar-refractivity contribution is 5.94. The predicted octanol–water partition coefficient (Wildman–Crippen LogP) is 5.30. The lowest BCUT2D eigenvalue weighted by Crippen LogP contribution is -2.13. The number of carbonyl (C=O) groups excluding carboxylic acids is 1. The van der Waals surface area contributed by atoms with Crippen LogP contribution in [0.4, 0.5) is 5.82 Å². The van der Waals surface area contributed by atoms with Crippen LogP contribution < -0.4 is 5.32 Å². The summed E-state index contributed by atoms with van der Waals surface area (Å²) in [4.78, 5) is 17.1. The maximum absolute atomic E-state index is 12.4. The number of anilines is 1. The average Bonchev–Trinajstić information content (AvgIpc) is 3.01. The number of fused-ring (bicyclic) bond motifs is 1. The summed E-state index contributed by atoms with van der Waals surface area (Å²) in [6, 6.07) is 15.8. The minimum absolute atomic E-state index is 0.0549. The lowest BCUT2D eigenvalue weighted by atomic mass is 10.1. The first kappa shape index (κ1) is 17.2. The quantitative estimate of drug-likeness (QED) is 0.568. The van der Waals surface area contributed by atoms with Crippen molar-refractivity contribution < 1.29 is 4.79 Å². The van der Waals surface area contributed by atoms with Crippen LogP contribution in [-0.2, 0) is 4.79 Å². The van der Waals surface area contributed by atoms with Crippen LogP contribution in [0.2, 0.25) is 0 Å². The van der Waals surface area contributed by atoms with Gasteiger partial charge in [0.25, 0.3) is 0 Å². The van der Waals surface area contributed by atoms with Gasteiger partial charge >= 0.3 is 0 Å². The first-order valence-corrected chi connectivity index (χ1v) is 9.12. The zero-order chi connectivity index (χ0) is 17.5. The highest BCUT2D eigenvalue weighted by Crippen LogP contribution is 2.28. The van der Waals surface area contributed by atoms with Gasteiger partial charge in [0, 0.05) is 18.2 Å². The molecule has 3 rings (SSSR count). The highest BCUT2D eigenvalue weighted by atomic mass is 16.1. The van der Waals surface area contributed by atoms with Gasteiger partial charge in [0.05, 0.1) is 0 Å². The number of aromatic nitrogens is 2. The Balaban J connectivity index is 1.79. The van der Waals surface area contributed by atoms with Crippen molar-refractivity contribution in [3.63, 3.8) is 0 Å². The zero-order valence-corrected chi connectivity index (χ0v) is 14.7. The fourth-order valence-corrected chi connectivity index (χ4v) is 3.00. The summed E-state index contributed by atoms with van der Waals surface area (Å²) in [5.74, 6) is 0.805. The van der Waals surface area contributed by atoms with Crippen LogP contribution in [0.5, 0.6) is 0 Å². The second-order valence-electron chi connectivity index (χ2n) is 6.32. The molecule has 4 heteroatoms. The molecule has 0 aliphatic carbocycles. The van der Waals surface area contributed by atoms with Crippen molar-refractivity contribution in [2.24, 2.45) is 0 Å². The first-order valence-electron chi connectivity index (χ1n) is 9.12. The molecule has 0 fully saturated rings. The Morgan fingerprint density at radius 1 is 1.00 bits per heavy atom. The largest absolute Gasteiger partial charge is 0.310 e. The lowest BCUT2D eigenvalue weighted by Gasteiger charge is -2.08. The molecule has 4 nitrogen and oxygen atoms in total. The smallest absolute Gasteiger partial charge is 0.225 e. The van der Waals surface area contributed by atoms with Crippen LogP contribution in [-0.4, -0.2) is 15.3 Å². The molecule has 0 bridgehead atoms. The zero-order valence-electron chi connectivity index (χ0n) is 14.7. The standard InChI is InChI=1S/C21H25N3O/c1-2-3-4-5-9-15-19(25)23-21-20(17-12-7-6-8-13-17)22-18-14-10-11-16-24(18)21/h6-8,10-14,16H,2-5,9,15H2,1H3,(H,23,25). The third-order valence-corrected chi connectivity index (χ3v) is 4.34. The van der Waals surface area contributed by atoms with Crippen LogP contribution in [0.1, 0.15) is 45.4 Å². The monoisotopic (exact) mass is 335 g/mol. The molecule has 1 amide bonds. The summed E-state index contributed by atoms with van der Waals surface area (Å²) < 4.78 is 1.94. The normalized spacial score (nSPS) is 10.9. The summed E-state index contributed by atoms with van der Waals surface area (Å²) in [5, 5.41) is 3.08. The molecule has 0 spiro atoms. The third-order valence-electron chi connectivity index (χ3n) is 4.34. The second-order valence-corrected chi connectivity index (χ2v) is 6.32. The lowest BCUT2D eigenvalue weighted by molar-refractivity contribution is -0.116. The molecule has 2 heterocycles. The Hall–Kier alpha value is -2.62. The van der Waals surface area contributed by atoms with E-state index in [1.165, 1.54) is 19.3 Å². The van der Waals surface area contributed by atoms with Crippen LogP contribution in [0, 0.1) is 0 Å². The molecular formula is C21H25N3O. The van der Waals surface area contributed by atoms with Crippen molar-refractivity contribution in [1.29, 1.82) is 0 Å². The number of unbranched alkanes of at least 4 members (excludes halogenated alkanes) is 4. The van der Waals surface area contributed by atoms with Gasteiger partial charge in [0.15, 0.2) is 0 Å². The van der Waals surface area contributed by atoms with Gasteiger partial charge in [0.2, 0.25) is 5.91 Å². The van der Waals surface area contributed by atoms with Crippen LogP contribution >= 0.6 is 0 Å². The topological polar surface area (TPSA) is 46.4 Å². The molecule has 0 aliphatic rings. The number of imidazole rings is 1. The number of amides is 1. The van der Waals surface area contributed by atoms with E-state index in [0.717, 1.165) is 35.6 Å². The third kappa shape index (κ3) is 4.27. The van der Waals surface area contributed by atoms with Crippen LogP contribution in [0.15, 0.2) is 54.7 Å². The maximum Gasteiger partial charge on any atom is 0.225 e. The van der Waals surface area contributed by atoms with Gasteiger partial charge in [-0.05, 0) is 18.6 Å². The molecule has 1 N–H and O–H groups in total. The number of rotatable bonds is 8. The van der Waals surface area contributed by atoms with Crippen molar-refractivity contribution in [2.45, 2.75) is 45.4 Å². The Morgan fingerprint density at radius 3 is 2.56 bits per heavy atom. The Kier molecular flexibility index (Phi) is 5.83. The molecule has 0 unspecified atom stereocenters. The molecular weight excluding hydrogens is 310 g/mol. The fourth-order valence-electron chi connectivity index (χ4n) is 3.00. The van der Waals surface area contributed by atoms with Crippen molar-refractivity contribution in [1.82, 2.24) is 9.38 Å². The van der Waals surface area contributed by atoms with Gasteiger partial charge in [-0.15, -0.1) is 0 Å². The molecule has 130 valence electrons. The fraction of sp³-hybridized carbons (Fsp3) is 0.333. The van der Waals surface area contributed by atoms with Gasteiger partial charge in [-0.25, -0.2) is 4.98 Å². The summed E-state index contributed by atoms with van der Waals surface area (Å²) in [6.07, 6.45) is 8.20. The van der Waals surface area contributed by atoms with Crippen LogP contribution in [0.3, 0.4) is 0 Å². The maximum atomic E-state index is 12.4. The number of hydrogen-bond donors (Lipinski definition) is 1. The first-order chi connectivity index (χ1) is 12.3. The Bertz CT molecular complexity index is 824. The number of pyridine rings is 1. The van der Waals surface area contributed by atoms with E-state index in [-0.39, 0.29) is 5.91 Å². The second kappa shape index (κ2) is 8.47. The molecule has 0 saturated carbocycles. The molecule has 0 saturated heterocycles. The minimum Gasteiger partial charge on any atom is -0.310 e. The van der Waals surface area contributed by atoms with E-state index in [1.807, 2.05) is 59.1 Å². The molecule has 3 aromatic rings. The number of nitrogens with zero attached hydrogens (tertiary/aromatic N) is 2. The SMILES string of the molecule is CCCCCCCC(=O)Nc1c(-c2ccccc2)nc2ccccn12. The van der Waals surface area contributed by atoms with Crippen molar-refractivity contribution in [3.8, 4) is 11.3 Å². The van der Waals surface area contributed by atoms with Gasteiger partial charge in [-0.3, -0.25) is 9.20 Å². The number of benzene rings is 1. The summed E-state index contributed by atoms with van der Waals surface area (Å²) >= 11 is 0. The van der Waals surface area contributed by atoms with Gasteiger partial charge in [-0.1, -0.05) is 69.0 Å². The van der Waals surface area contributed by atoms with E-state index in [0.29, 0.717) is 6.42 Å². The van der Waals surface area contributed by atoms with Crippen molar-refractivity contribution >= 4 is 17.4 Å². The van der Waals surface area contributed by atoms with E-state index in [9.17, 15) is 4.79 Å². The average molecular weight is 335 g/mol. The number of hydrogen-bond acceptors (Lipinski definition) is 2. The van der Waals surface area contributed by atoms with E-state index >= 15 is 0 Å². The molecule has 0 atom stereocenters. The predicted molar refractivity (Wildman–Crippen MR) is 103 cm³/mol. The molecule has 1 aromatic carbocycles. The van der Waals surface area contributed by atoms with Gasteiger partial charge in [0.1, 0.15) is 17.2 Å². The molecule has 0 radical (unpaired) electrons. The van der Waals surface area contributed by atoms with E-state index in [2.05, 4.69) is 12.2 Å². The van der Waals surface area contributed by atoms with E-state index < -0.39 is 0 Å². The minimum atomic E-state index is 0.0549. The molecule has 0 aliphatic heterocycles. The van der Waals surface area contributed by atoms with E-state index in [1.54, 1.807) is 0 Å². The van der Waals surface area contributed by atoms with Gasteiger partial charge < -0.3 is 5.32 Å². The Morgan fingerprint density at radius 2 is 1.76 bits per heavy atom. The van der Waals surface area contributed by atoms with Crippen LogP contribution in [0.25, 0.3) is 16.9 Å².